The van der Waals surface area contributed by atoms with Crippen LogP contribution in [0, 0.1) is 18.6 Å². The predicted molar refractivity (Wildman–Crippen MR) is 61.4 cm³/mol. The van der Waals surface area contributed by atoms with E-state index in [2.05, 4.69) is 4.98 Å². The van der Waals surface area contributed by atoms with Crippen LogP contribution < -0.4 is 5.73 Å². The lowest BCUT2D eigenvalue weighted by Gasteiger charge is -2.15. The smallest absolute Gasteiger partial charge is 0.131 e. The van der Waals surface area contributed by atoms with Crippen LogP contribution in [0.2, 0.25) is 0 Å². The Morgan fingerprint density at radius 3 is 2.59 bits per heavy atom. The molecule has 1 aromatic carbocycles. The van der Waals surface area contributed by atoms with Gasteiger partial charge in [-0.15, -0.1) is 0 Å². The Morgan fingerprint density at radius 1 is 1.18 bits per heavy atom. The van der Waals surface area contributed by atoms with Gasteiger partial charge in [-0.2, -0.15) is 0 Å². The number of halogens is 2. The van der Waals surface area contributed by atoms with Crippen molar-refractivity contribution in [3.8, 4) is 0 Å². The zero-order chi connectivity index (χ0) is 12.4. The van der Waals surface area contributed by atoms with Gasteiger partial charge in [-0.05, 0) is 24.6 Å². The summed E-state index contributed by atoms with van der Waals surface area (Å²) in [5.74, 6) is -1.25. The van der Waals surface area contributed by atoms with Crippen molar-refractivity contribution in [2.24, 2.45) is 5.73 Å². The number of hydrogen-bond donors (Lipinski definition) is 1. The molecular formula is C13H12F2N2. The molecule has 1 atom stereocenters. The predicted octanol–water partition coefficient (Wildman–Crippen LogP) is 2.72. The summed E-state index contributed by atoms with van der Waals surface area (Å²) in [6.07, 6.45) is 1.65. The molecule has 4 heteroatoms. The molecule has 0 aliphatic heterocycles. The number of hydrogen-bond acceptors (Lipinski definition) is 2. The molecule has 0 saturated heterocycles. The van der Waals surface area contributed by atoms with Gasteiger partial charge in [0.05, 0.1) is 6.04 Å². The maximum absolute atomic E-state index is 13.6. The Balaban J connectivity index is 2.44. The van der Waals surface area contributed by atoms with Crippen LogP contribution in [0.1, 0.15) is 22.9 Å². The van der Waals surface area contributed by atoms with Crippen molar-refractivity contribution >= 4 is 0 Å². The van der Waals surface area contributed by atoms with Crippen LogP contribution in [0.5, 0.6) is 0 Å². The summed E-state index contributed by atoms with van der Waals surface area (Å²) in [7, 11) is 0. The third kappa shape index (κ3) is 2.31. The van der Waals surface area contributed by atoms with Crippen molar-refractivity contribution in [3.63, 3.8) is 0 Å². The van der Waals surface area contributed by atoms with Crippen LogP contribution in [0.4, 0.5) is 8.78 Å². The van der Waals surface area contributed by atoms with Crippen molar-refractivity contribution in [2.75, 3.05) is 0 Å². The van der Waals surface area contributed by atoms with E-state index in [1.165, 1.54) is 12.1 Å². The molecule has 0 spiro atoms. The summed E-state index contributed by atoms with van der Waals surface area (Å²) in [6, 6.07) is 6.29. The highest BCUT2D eigenvalue weighted by atomic mass is 19.1. The molecule has 17 heavy (non-hydrogen) atoms. The molecule has 2 aromatic rings. The highest BCUT2D eigenvalue weighted by Gasteiger charge is 2.16. The van der Waals surface area contributed by atoms with E-state index in [1.54, 1.807) is 25.3 Å². The first-order valence-corrected chi connectivity index (χ1v) is 5.21. The highest BCUT2D eigenvalue weighted by Crippen LogP contribution is 2.24. The minimum atomic E-state index is -0.638. The molecule has 0 aliphatic rings. The number of nitrogens with two attached hydrogens (primary N) is 1. The normalized spacial score (nSPS) is 12.5. The first-order valence-electron chi connectivity index (χ1n) is 5.21. The number of nitrogens with zero attached hydrogens (tertiary/aromatic N) is 1. The van der Waals surface area contributed by atoms with E-state index in [0.717, 1.165) is 17.3 Å². The summed E-state index contributed by atoms with van der Waals surface area (Å²) < 4.78 is 26.4. The molecule has 1 unspecified atom stereocenters. The van der Waals surface area contributed by atoms with Crippen LogP contribution in [-0.2, 0) is 0 Å². The molecule has 0 saturated carbocycles. The summed E-state index contributed by atoms with van der Waals surface area (Å²) in [5, 5.41) is 0. The minimum absolute atomic E-state index is 0.266. The van der Waals surface area contributed by atoms with Gasteiger partial charge in [0.1, 0.15) is 11.6 Å². The summed E-state index contributed by atoms with van der Waals surface area (Å²) in [5.41, 5.74) is 7.71. The third-order valence-electron chi connectivity index (χ3n) is 2.68. The van der Waals surface area contributed by atoms with Crippen molar-refractivity contribution in [1.29, 1.82) is 0 Å². The number of benzene rings is 1. The van der Waals surface area contributed by atoms with Gasteiger partial charge in [0.15, 0.2) is 0 Å². The zero-order valence-corrected chi connectivity index (χ0v) is 9.32. The van der Waals surface area contributed by atoms with E-state index >= 15 is 0 Å². The van der Waals surface area contributed by atoms with Crippen LogP contribution in [0.3, 0.4) is 0 Å². The van der Waals surface area contributed by atoms with Gasteiger partial charge in [-0.1, -0.05) is 12.1 Å². The second-order valence-corrected chi connectivity index (χ2v) is 3.82. The Morgan fingerprint density at radius 2 is 1.94 bits per heavy atom. The van der Waals surface area contributed by atoms with E-state index in [4.69, 9.17) is 5.73 Å². The second kappa shape index (κ2) is 4.59. The Labute approximate surface area is 98.1 Å². The Kier molecular flexibility index (Phi) is 3.15. The van der Waals surface area contributed by atoms with Crippen molar-refractivity contribution < 1.29 is 8.78 Å². The monoisotopic (exact) mass is 234 g/mol. The quantitative estimate of drug-likeness (QED) is 0.867. The fourth-order valence-electron chi connectivity index (χ4n) is 1.75. The molecule has 88 valence electrons. The van der Waals surface area contributed by atoms with Gasteiger partial charge < -0.3 is 5.73 Å². The third-order valence-corrected chi connectivity index (χ3v) is 2.68. The van der Waals surface area contributed by atoms with Crippen LogP contribution >= 0.6 is 0 Å². The minimum Gasteiger partial charge on any atom is -0.320 e. The Hall–Kier alpha value is -1.81. The molecule has 0 aliphatic carbocycles. The molecule has 0 bridgehead atoms. The number of aryl methyl sites for hydroxylation is 1. The fourth-order valence-corrected chi connectivity index (χ4v) is 1.75. The van der Waals surface area contributed by atoms with Crippen molar-refractivity contribution in [3.05, 3.63) is 65.0 Å². The zero-order valence-electron chi connectivity index (χ0n) is 9.32. The summed E-state index contributed by atoms with van der Waals surface area (Å²) >= 11 is 0. The van der Waals surface area contributed by atoms with E-state index in [9.17, 15) is 8.78 Å². The molecule has 2 nitrogen and oxygen atoms in total. The van der Waals surface area contributed by atoms with E-state index in [0.29, 0.717) is 0 Å². The molecule has 0 radical (unpaired) electrons. The molecule has 2 N–H and O–H groups in total. The lowest BCUT2D eigenvalue weighted by Crippen LogP contribution is -2.15. The number of rotatable bonds is 2. The van der Waals surface area contributed by atoms with Crippen LogP contribution in [-0.4, -0.2) is 4.98 Å². The lowest BCUT2D eigenvalue weighted by atomic mass is 9.98. The van der Waals surface area contributed by atoms with E-state index in [1.807, 2.05) is 0 Å². The van der Waals surface area contributed by atoms with Gasteiger partial charge >= 0.3 is 0 Å². The van der Waals surface area contributed by atoms with Gasteiger partial charge in [0, 0.05) is 23.5 Å². The van der Waals surface area contributed by atoms with E-state index < -0.39 is 17.7 Å². The standard InChI is InChI=1S/C13H12F2N2/c1-8-10(3-2-6-17-8)13(16)11-5-4-9(14)7-12(11)15/h2-7,13H,16H2,1H3. The first kappa shape index (κ1) is 11.7. The highest BCUT2D eigenvalue weighted by molar-refractivity contribution is 5.34. The van der Waals surface area contributed by atoms with E-state index in [-0.39, 0.29) is 5.56 Å². The maximum atomic E-state index is 13.6. The van der Waals surface area contributed by atoms with Gasteiger partial charge in [-0.25, -0.2) is 8.78 Å². The first-order chi connectivity index (χ1) is 8.09. The molecule has 0 amide bonds. The topological polar surface area (TPSA) is 38.9 Å². The summed E-state index contributed by atoms with van der Waals surface area (Å²) in [6.45, 7) is 1.80. The van der Waals surface area contributed by atoms with Crippen LogP contribution in [0.25, 0.3) is 0 Å². The average molecular weight is 234 g/mol. The fraction of sp³-hybridized carbons (Fsp3) is 0.154. The summed E-state index contributed by atoms with van der Waals surface area (Å²) in [4.78, 5) is 4.10. The largest absolute Gasteiger partial charge is 0.320 e. The van der Waals surface area contributed by atoms with Gasteiger partial charge in [-0.3, -0.25) is 4.98 Å². The molecule has 2 rings (SSSR count). The van der Waals surface area contributed by atoms with Crippen LogP contribution in [0.15, 0.2) is 36.5 Å². The van der Waals surface area contributed by atoms with Crippen molar-refractivity contribution in [2.45, 2.75) is 13.0 Å². The number of pyridine rings is 1. The second-order valence-electron chi connectivity index (χ2n) is 3.82. The Bertz CT molecular complexity index is 541. The van der Waals surface area contributed by atoms with Gasteiger partial charge in [0.2, 0.25) is 0 Å². The molecular weight excluding hydrogens is 222 g/mol. The van der Waals surface area contributed by atoms with Gasteiger partial charge in [0.25, 0.3) is 0 Å². The molecule has 0 fully saturated rings. The molecule has 1 aromatic heterocycles. The SMILES string of the molecule is Cc1ncccc1C(N)c1ccc(F)cc1F. The molecule has 1 heterocycles. The average Bonchev–Trinajstić information content (AvgIpc) is 2.29. The number of aromatic nitrogens is 1. The van der Waals surface area contributed by atoms with Crippen molar-refractivity contribution in [1.82, 2.24) is 4.98 Å². The lowest BCUT2D eigenvalue weighted by molar-refractivity contribution is 0.565. The maximum Gasteiger partial charge on any atom is 0.131 e.